The first-order valence-electron chi connectivity index (χ1n) is 21.3. The van der Waals surface area contributed by atoms with Crippen LogP contribution in [0.1, 0.15) is 139 Å². The van der Waals surface area contributed by atoms with Gasteiger partial charge in [-0.1, -0.05) is 117 Å². The number of ketones is 1. The molecule has 0 radical (unpaired) electrons. The molecular formula is C51H74ClNO. The van der Waals surface area contributed by atoms with E-state index in [-0.39, 0.29) is 16.7 Å². The van der Waals surface area contributed by atoms with E-state index in [1.54, 1.807) is 0 Å². The number of hydrogen-bond donors (Lipinski definition) is 1. The molecule has 3 heteroatoms. The Morgan fingerprint density at radius 2 is 1.59 bits per heavy atom. The number of carbonyl (C=O) groups excluding carboxylic acids is 1. The summed E-state index contributed by atoms with van der Waals surface area (Å²) in [5.74, 6) is 4.89. The quantitative estimate of drug-likeness (QED) is 0.139. The number of allylic oxidation sites excluding steroid dienone is 6. The molecule has 296 valence electrons. The summed E-state index contributed by atoms with van der Waals surface area (Å²) >= 11 is 6.10. The van der Waals surface area contributed by atoms with Gasteiger partial charge in [-0.05, 0) is 157 Å². The molecule has 0 aromatic heterocycles. The second kappa shape index (κ2) is 17.6. The van der Waals surface area contributed by atoms with Crippen LogP contribution in [0.2, 0.25) is 5.02 Å². The highest BCUT2D eigenvalue weighted by Crippen LogP contribution is 2.72. The monoisotopic (exact) mass is 752 g/mol. The Kier molecular flexibility index (Phi) is 14.3. The normalized spacial score (nSPS) is 34.3. The van der Waals surface area contributed by atoms with Gasteiger partial charge in [-0.2, -0.15) is 0 Å². The maximum Gasteiger partial charge on any atom is 0.160 e. The lowest BCUT2D eigenvalue weighted by Gasteiger charge is -2.67. The minimum absolute atomic E-state index is 0.125. The van der Waals surface area contributed by atoms with Gasteiger partial charge in [0.25, 0.3) is 0 Å². The van der Waals surface area contributed by atoms with Crippen LogP contribution in [-0.2, 0) is 11.3 Å². The fourth-order valence-electron chi connectivity index (χ4n) is 12.8. The van der Waals surface area contributed by atoms with E-state index in [1.807, 2.05) is 26.0 Å². The Morgan fingerprint density at radius 1 is 0.981 bits per heavy atom. The van der Waals surface area contributed by atoms with Crippen molar-refractivity contribution >= 4 is 17.4 Å². The highest BCUT2D eigenvalue weighted by Gasteiger charge is 2.64. The predicted molar refractivity (Wildman–Crippen MR) is 234 cm³/mol. The molecule has 1 aromatic carbocycles. The molecule has 8 unspecified atom stereocenters. The predicted octanol–water partition coefficient (Wildman–Crippen LogP) is 14.1. The minimum atomic E-state index is -0.165. The van der Waals surface area contributed by atoms with Crippen molar-refractivity contribution in [2.45, 2.75) is 139 Å². The Morgan fingerprint density at radius 3 is 2.22 bits per heavy atom. The maximum atomic E-state index is 13.9. The number of terminal acetylenes is 1. The van der Waals surface area contributed by atoms with Crippen molar-refractivity contribution in [3.63, 3.8) is 0 Å². The number of Topliss-reactive ketones (excluding diaryl/α,β-unsaturated/α-hetero) is 1. The number of rotatable bonds is 11. The van der Waals surface area contributed by atoms with Crippen LogP contribution >= 0.6 is 11.6 Å². The van der Waals surface area contributed by atoms with E-state index in [0.717, 1.165) is 47.2 Å². The molecular weight excluding hydrogens is 678 g/mol. The molecule has 0 aliphatic heterocycles. The third-order valence-electron chi connectivity index (χ3n) is 15.3. The Bertz CT molecular complexity index is 1600. The largest absolute Gasteiger partial charge is 0.381 e. The molecule has 1 aromatic rings. The van der Waals surface area contributed by atoms with Crippen molar-refractivity contribution in [2.75, 3.05) is 0 Å². The zero-order chi connectivity index (χ0) is 40.2. The zero-order valence-electron chi connectivity index (χ0n) is 35.6. The van der Waals surface area contributed by atoms with Crippen LogP contribution in [0.3, 0.4) is 0 Å². The first-order chi connectivity index (χ1) is 25.5. The van der Waals surface area contributed by atoms with Gasteiger partial charge in [0, 0.05) is 29.1 Å². The third kappa shape index (κ3) is 8.48. The fraction of sp³-hybridized carbons (Fsp3) is 0.627. The van der Waals surface area contributed by atoms with Crippen LogP contribution in [0.15, 0.2) is 84.6 Å². The lowest BCUT2D eigenvalue weighted by Crippen LogP contribution is -2.59. The smallest absolute Gasteiger partial charge is 0.160 e. The van der Waals surface area contributed by atoms with Gasteiger partial charge < -0.3 is 5.32 Å². The van der Waals surface area contributed by atoms with Crippen LogP contribution in [0.25, 0.3) is 0 Å². The van der Waals surface area contributed by atoms with Gasteiger partial charge in [0.1, 0.15) is 0 Å². The van der Waals surface area contributed by atoms with Crippen molar-refractivity contribution in [3.05, 3.63) is 95.2 Å². The van der Waals surface area contributed by atoms with Gasteiger partial charge in [0.15, 0.2) is 5.78 Å². The van der Waals surface area contributed by atoms with E-state index in [2.05, 4.69) is 117 Å². The molecule has 0 spiro atoms. The molecule has 0 saturated heterocycles. The van der Waals surface area contributed by atoms with E-state index in [0.29, 0.717) is 41.4 Å². The number of hydrogen-bond acceptors (Lipinski definition) is 2. The second-order valence-electron chi connectivity index (χ2n) is 19.1. The summed E-state index contributed by atoms with van der Waals surface area (Å²) < 4.78 is 0. The molecule has 54 heavy (non-hydrogen) atoms. The maximum absolute atomic E-state index is 13.9. The number of nitrogens with one attached hydrogen (secondary N) is 1. The number of fused-ring (bicyclic) bond motifs is 7. The van der Waals surface area contributed by atoms with Crippen molar-refractivity contribution < 1.29 is 4.79 Å². The Hall–Kier alpha value is -2.76. The molecule has 5 aliphatic rings. The van der Waals surface area contributed by atoms with Gasteiger partial charge in [-0.3, -0.25) is 4.79 Å². The summed E-state index contributed by atoms with van der Waals surface area (Å²) in [6, 6.07) is 7.97. The molecule has 4 fully saturated rings. The minimum Gasteiger partial charge on any atom is -0.381 e. The van der Waals surface area contributed by atoms with Crippen molar-refractivity contribution in [3.8, 4) is 12.8 Å². The average Bonchev–Trinajstić information content (AvgIpc) is 3.45. The number of halogens is 1. The van der Waals surface area contributed by atoms with E-state index in [1.165, 1.54) is 73.6 Å². The Labute approximate surface area is 336 Å². The molecule has 6 rings (SSSR count). The molecule has 4 saturated carbocycles. The van der Waals surface area contributed by atoms with Crippen LogP contribution in [-0.4, -0.2) is 5.78 Å². The van der Waals surface area contributed by atoms with E-state index < -0.39 is 0 Å². The highest BCUT2D eigenvalue weighted by molar-refractivity contribution is 6.30. The summed E-state index contributed by atoms with van der Waals surface area (Å²) in [4.78, 5) is 13.9. The summed E-state index contributed by atoms with van der Waals surface area (Å²) in [7, 11) is 0. The Balaban J connectivity index is 0.00000157. The van der Waals surface area contributed by atoms with Crippen molar-refractivity contribution in [1.82, 2.24) is 5.32 Å². The fourth-order valence-corrected chi connectivity index (χ4v) is 13.0. The molecule has 0 heterocycles. The van der Waals surface area contributed by atoms with Gasteiger partial charge in [-0.15, -0.1) is 19.4 Å². The molecule has 1 N–H and O–H groups in total. The lowest BCUT2D eigenvalue weighted by atomic mass is 9.37. The molecule has 2 nitrogen and oxygen atoms in total. The van der Waals surface area contributed by atoms with Crippen molar-refractivity contribution in [1.29, 1.82) is 0 Å². The summed E-state index contributed by atoms with van der Waals surface area (Å²) in [6.07, 6.45) is 27.8. The van der Waals surface area contributed by atoms with Crippen LogP contribution < -0.4 is 5.32 Å². The lowest BCUT2D eigenvalue weighted by molar-refractivity contribution is -0.169. The van der Waals surface area contributed by atoms with Gasteiger partial charge in [-0.25, -0.2) is 0 Å². The number of benzene rings is 1. The van der Waals surface area contributed by atoms with E-state index in [9.17, 15) is 4.79 Å². The third-order valence-corrected chi connectivity index (χ3v) is 15.5. The SMILES string of the molecule is C#C.C=CC(C)(C)CC(=C)CC1CCC2(C)C(CCC3(C)C4CCC5(/C=C/C(=C)NCc6ccc(Cl)cc6)CC(=O)C(C(C)C)=C5C4CC[C@@H]32)C1C.CC. The molecule has 5 aliphatic carbocycles. The second-order valence-corrected chi connectivity index (χ2v) is 19.5. The van der Waals surface area contributed by atoms with Crippen LogP contribution in [0.4, 0.5) is 0 Å². The standard InChI is InChI=1S/C47H66ClNO.C2H6.C2H2/c1-11-44(7,8)27-31(4)26-35-19-22-45(9)38(33(35)6)20-23-46(10)39-21-25-47(24-18-32(5)49-29-34-12-14-36(48)15-13-34)28-40(50)42(30(2)3)43(47)37(39)16-17-41(45)46;2*1-2/h11-15,18,24,30,33,35,37-39,41,49H,1,4-5,16-17,19-23,25-29H2,2-3,6-10H3;1-2H3;1-2H/b24-18+;;/t33?,35?,37?,38?,39?,41-,45?,46?,47?;;/m1../s1. The average molecular weight is 753 g/mol. The topological polar surface area (TPSA) is 29.1 Å². The highest BCUT2D eigenvalue weighted by atomic mass is 35.5. The van der Waals surface area contributed by atoms with E-state index >= 15 is 0 Å². The number of carbonyl (C=O) groups is 1. The zero-order valence-corrected chi connectivity index (χ0v) is 36.4. The summed E-state index contributed by atoms with van der Waals surface area (Å²) in [5, 5.41) is 4.26. The first-order valence-corrected chi connectivity index (χ1v) is 21.7. The van der Waals surface area contributed by atoms with Crippen LogP contribution in [0.5, 0.6) is 0 Å². The van der Waals surface area contributed by atoms with E-state index in [4.69, 9.17) is 11.6 Å². The van der Waals surface area contributed by atoms with Crippen molar-refractivity contribution in [2.24, 2.45) is 63.1 Å². The van der Waals surface area contributed by atoms with Crippen LogP contribution in [0, 0.1) is 75.9 Å². The molecule has 9 atom stereocenters. The summed E-state index contributed by atoms with van der Waals surface area (Å²) in [5.41, 5.74) is 6.88. The summed E-state index contributed by atoms with van der Waals surface area (Å²) in [6.45, 7) is 34.8. The van der Waals surface area contributed by atoms with Gasteiger partial charge in [0.05, 0.1) is 0 Å². The molecule has 0 bridgehead atoms. The molecule has 0 amide bonds. The first kappa shape index (κ1) is 44.0. The van der Waals surface area contributed by atoms with Gasteiger partial charge in [0.2, 0.25) is 0 Å². The van der Waals surface area contributed by atoms with Gasteiger partial charge >= 0.3 is 0 Å².